The zero-order chi connectivity index (χ0) is 12.5. The highest BCUT2D eigenvalue weighted by Gasteiger charge is 2.18. The van der Waals surface area contributed by atoms with E-state index in [4.69, 9.17) is 0 Å². The van der Waals surface area contributed by atoms with E-state index < -0.39 is 0 Å². The second kappa shape index (κ2) is 4.72. The molecular weight excluding hydrogens is 218 g/mol. The van der Waals surface area contributed by atoms with Crippen LogP contribution in [0.25, 0.3) is 10.9 Å². The minimum absolute atomic E-state index is 0.754. The SMILES string of the molecule is Cc1ccc2nc(C)cc(C3CCCCC3)c2c1. The first-order valence-electron chi connectivity index (χ1n) is 7.12. The zero-order valence-corrected chi connectivity index (χ0v) is 11.4. The molecule has 0 aliphatic heterocycles. The van der Waals surface area contributed by atoms with Gasteiger partial charge in [0.2, 0.25) is 0 Å². The molecule has 1 aliphatic carbocycles. The van der Waals surface area contributed by atoms with Crippen LogP contribution in [-0.4, -0.2) is 4.98 Å². The predicted octanol–water partition coefficient (Wildman–Crippen LogP) is 4.90. The van der Waals surface area contributed by atoms with Gasteiger partial charge in [-0.15, -0.1) is 0 Å². The Morgan fingerprint density at radius 3 is 2.56 bits per heavy atom. The van der Waals surface area contributed by atoms with Crippen LogP contribution in [0.1, 0.15) is 54.8 Å². The number of benzene rings is 1. The molecule has 0 bridgehead atoms. The van der Waals surface area contributed by atoms with Gasteiger partial charge in [0.1, 0.15) is 0 Å². The van der Waals surface area contributed by atoms with Gasteiger partial charge in [-0.3, -0.25) is 4.98 Å². The molecular formula is C17H21N. The topological polar surface area (TPSA) is 12.9 Å². The van der Waals surface area contributed by atoms with Gasteiger partial charge < -0.3 is 0 Å². The maximum absolute atomic E-state index is 4.67. The third-order valence-electron chi connectivity index (χ3n) is 4.17. The second-order valence-corrected chi connectivity index (χ2v) is 5.71. The third kappa shape index (κ3) is 2.14. The van der Waals surface area contributed by atoms with Gasteiger partial charge >= 0.3 is 0 Å². The largest absolute Gasteiger partial charge is 0.253 e. The van der Waals surface area contributed by atoms with E-state index in [1.807, 2.05) is 0 Å². The molecule has 1 heterocycles. The van der Waals surface area contributed by atoms with E-state index in [1.54, 1.807) is 5.56 Å². The summed E-state index contributed by atoms with van der Waals surface area (Å²) in [5.74, 6) is 0.754. The first-order valence-corrected chi connectivity index (χ1v) is 7.12. The molecule has 1 aromatic heterocycles. The van der Waals surface area contributed by atoms with E-state index >= 15 is 0 Å². The summed E-state index contributed by atoms with van der Waals surface area (Å²) >= 11 is 0. The molecule has 94 valence electrons. The normalized spacial score (nSPS) is 17.2. The van der Waals surface area contributed by atoms with Gasteiger partial charge in [0.15, 0.2) is 0 Å². The molecule has 3 rings (SSSR count). The Balaban J connectivity index is 2.16. The van der Waals surface area contributed by atoms with Gasteiger partial charge in [0.25, 0.3) is 0 Å². The van der Waals surface area contributed by atoms with Crippen LogP contribution in [0.15, 0.2) is 24.3 Å². The lowest BCUT2D eigenvalue weighted by Gasteiger charge is -2.23. The standard InChI is InChI=1S/C17H21N/c1-12-8-9-17-16(10-12)15(11-13(2)18-17)14-6-4-3-5-7-14/h8-11,14H,3-7H2,1-2H3. The van der Waals surface area contributed by atoms with Crippen LogP contribution in [0, 0.1) is 13.8 Å². The van der Waals surface area contributed by atoms with Crippen LogP contribution in [0.2, 0.25) is 0 Å². The molecule has 1 saturated carbocycles. The van der Waals surface area contributed by atoms with Gasteiger partial charge in [-0.25, -0.2) is 0 Å². The number of hydrogen-bond donors (Lipinski definition) is 0. The molecule has 0 radical (unpaired) electrons. The lowest BCUT2D eigenvalue weighted by atomic mass is 9.82. The summed E-state index contributed by atoms with van der Waals surface area (Å²) in [6.07, 6.45) is 6.90. The maximum atomic E-state index is 4.67. The number of pyridine rings is 1. The molecule has 0 spiro atoms. The van der Waals surface area contributed by atoms with Gasteiger partial charge in [0, 0.05) is 11.1 Å². The summed E-state index contributed by atoms with van der Waals surface area (Å²) in [6, 6.07) is 8.97. The Morgan fingerprint density at radius 1 is 1.00 bits per heavy atom. The molecule has 1 heteroatoms. The first-order chi connectivity index (χ1) is 8.74. The van der Waals surface area contributed by atoms with Gasteiger partial charge in [-0.2, -0.15) is 0 Å². The maximum Gasteiger partial charge on any atom is 0.0708 e. The summed E-state index contributed by atoms with van der Waals surface area (Å²) in [6.45, 7) is 4.29. The van der Waals surface area contributed by atoms with E-state index in [1.165, 1.54) is 48.6 Å². The van der Waals surface area contributed by atoms with E-state index in [2.05, 4.69) is 43.1 Å². The zero-order valence-electron chi connectivity index (χ0n) is 11.4. The minimum atomic E-state index is 0.754. The highest BCUT2D eigenvalue weighted by atomic mass is 14.7. The van der Waals surface area contributed by atoms with E-state index in [0.717, 1.165) is 11.6 Å². The van der Waals surface area contributed by atoms with Gasteiger partial charge in [0.05, 0.1) is 5.52 Å². The Bertz CT molecular complexity index is 565. The van der Waals surface area contributed by atoms with Crippen LogP contribution in [0.5, 0.6) is 0 Å². The van der Waals surface area contributed by atoms with Crippen molar-refractivity contribution in [1.82, 2.24) is 4.98 Å². The highest BCUT2D eigenvalue weighted by molar-refractivity contribution is 5.83. The van der Waals surface area contributed by atoms with Crippen LogP contribution >= 0.6 is 0 Å². The van der Waals surface area contributed by atoms with Gasteiger partial charge in [-0.05, 0) is 56.4 Å². The average molecular weight is 239 g/mol. The molecule has 1 nitrogen and oxygen atoms in total. The molecule has 0 N–H and O–H groups in total. The van der Waals surface area contributed by atoms with Crippen molar-refractivity contribution in [3.8, 4) is 0 Å². The minimum Gasteiger partial charge on any atom is -0.253 e. The number of aryl methyl sites for hydroxylation is 2. The Kier molecular flexibility index (Phi) is 3.07. The number of hydrogen-bond acceptors (Lipinski definition) is 1. The molecule has 1 aromatic carbocycles. The van der Waals surface area contributed by atoms with Crippen molar-refractivity contribution in [2.24, 2.45) is 0 Å². The fourth-order valence-electron chi connectivity index (χ4n) is 3.26. The van der Waals surface area contributed by atoms with Crippen molar-refractivity contribution in [2.45, 2.75) is 51.9 Å². The molecule has 0 saturated heterocycles. The van der Waals surface area contributed by atoms with Crippen molar-refractivity contribution in [2.75, 3.05) is 0 Å². The van der Waals surface area contributed by atoms with Crippen molar-refractivity contribution in [1.29, 1.82) is 0 Å². The van der Waals surface area contributed by atoms with Crippen molar-refractivity contribution in [3.63, 3.8) is 0 Å². The predicted molar refractivity (Wildman–Crippen MR) is 77.0 cm³/mol. The summed E-state index contributed by atoms with van der Waals surface area (Å²) in [4.78, 5) is 4.67. The number of nitrogens with zero attached hydrogens (tertiary/aromatic N) is 1. The van der Waals surface area contributed by atoms with Gasteiger partial charge in [-0.1, -0.05) is 30.9 Å². The van der Waals surface area contributed by atoms with E-state index in [0.29, 0.717) is 0 Å². The molecule has 1 fully saturated rings. The van der Waals surface area contributed by atoms with Crippen LogP contribution in [-0.2, 0) is 0 Å². The third-order valence-corrected chi connectivity index (χ3v) is 4.17. The first kappa shape index (κ1) is 11.7. The van der Waals surface area contributed by atoms with E-state index in [-0.39, 0.29) is 0 Å². The van der Waals surface area contributed by atoms with Crippen LogP contribution < -0.4 is 0 Å². The summed E-state index contributed by atoms with van der Waals surface area (Å²) in [7, 11) is 0. The highest BCUT2D eigenvalue weighted by Crippen LogP contribution is 2.36. The number of rotatable bonds is 1. The Morgan fingerprint density at radius 2 is 1.78 bits per heavy atom. The van der Waals surface area contributed by atoms with Crippen molar-refractivity contribution < 1.29 is 0 Å². The van der Waals surface area contributed by atoms with Crippen LogP contribution in [0.4, 0.5) is 0 Å². The quantitative estimate of drug-likeness (QED) is 0.689. The molecule has 2 aromatic rings. The Hall–Kier alpha value is -1.37. The fourth-order valence-corrected chi connectivity index (χ4v) is 3.26. The molecule has 1 aliphatic rings. The second-order valence-electron chi connectivity index (χ2n) is 5.71. The van der Waals surface area contributed by atoms with Crippen LogP contribution in [0.3, 0.4) is 0 Å². The molecule has 18 heavy (non-hydrogen) atoms. The average Bonchev–Trinajstić information content (AvgIpc) is 2.39. The summed E-state index contributed by atoms with van der Waals surface area (Å²) in [5.41, 5.74) is 5.21. The molecule has 0 unspecified atom stereocenters. The summed E-state index contributed by atoms with van der Waals surface area (Å²) < 4.78 is 0. The van der Waals surface area contributed by atoms with Crippen molar-refractivity contribution >= 4 is 10.9 Å². The number of fused-ring (bicyclic) bond motifs is 1. The van der Waals surface area contributed by atoms with E-state index in [9.17, 15) is 0 Å². The van der Waals surface area contributed by atoms with Crippen molar-refractivity contribution in [3.05, 3.63) is 41.1 Å². The molecule has 0 atom stereocenters. The fraction of sp³-hybridized carbons (Fsp3) is 0.471. The summed E-state index contributed by atoms with van der Waals surface area (Å²) in [5, 5.41) is 1.38. The lowest BCUT2D eigenvalue weighted by molar-refractivity contribution is 0.445. The monoisotopic (exact) mass is 239 g/mol. The smallest absolute Gasteiger partial charge is 0.0708 e. The number of aromatic nitrogens is 1. The molecule has 0 amide bonds. The lowest BCUT2D eigenvalue weighted by Crippen LogP contribution is -2.06. The Labute approximate surface area is 109 Å².